The SMILES string of the molecule is Cc1ccc(C(=O)CCC(=O)NCC2COc3ccccc3O2)cc1C. The van der Waals surface area contributed by atoms with Crippen molar-refractivity contribution in [1.82, 2.24) is 5.32 Å². The number of Topliss-reactive ketones (excluding diaryl/α,β-unsaturated/α-hetero) is 1. The Balaban J connectivity index is 1.43. The number of carbonyl (C=O) groups excluding carboxylic acids is 2. The average molecular weight is 353 g/mol. The van der Waals surface area contributed by atoms with E-state index >= 15 is 0 Å². The minimum absolute atomic E-state index is 0.0190. The summed E-state index contributed by atoms with van der Waals surface area (Å²) < 4.78 is 11.4. The number of amides is 1. The largest absolute Gasteiger partial charge is 0.486 e. The lowest BCUT2D eigenvalue weighted by atomic mass is 10.0. The maximum Gasteiger partial charge on any atom is 0.220 e. The van der Waals surface area contributed by atoms with Gasteiger partial charge in [0.15, 0.2) is 17.3 Å². The topological polar surface area (TPSA) is 64.6 Å². The second kappa shape index (κ2) is 8.04. The molecule has 0 aliphatic carbocycles. The van der Waals surface area contributed by atoms with Crippen LogP contribution in [-0.2, 0) is 4.79 Å². The standard InChI is InChI=1S/C21H23NO4/c1-14-7-8-16(11-15(14)2)18(23)9-10-21(24)22-12-17-13-25-19-5-3-4-6-20(19)26-17/h3-8,11,17H,9-10,12-13H2,1-2H3,(H,22,24). The number of ketones is 1. The molecule has 0 fully saturated rings. The van der Waals surface area contributed by atoms with Crippen LogP contribution in [0.25, 0.3) is 0 Å². The van der Waals surface area contributed by atoms with Crippen molar-refractivity contribution < 1.29 is 19.1 Å². The van der Waals surface area contributed by atoms with Crippen molar-refractivity contribution in [2.75, 3.05) is 13.2 Å². The summed E-state index contributed by atoms with van der Waals surface area (Å²) in [5.41, 5.74) is 2.88. The highest BCUT2D eigenvalue weighted by Crippen LogP contribution is 2.30. The molecule has 1 amide bonds. The van der Waals surface area contributed by atoms with E-state index in [1.165, 1.54) is 0 Å². The van der Waals surface area contributed by atoms with Crippen LogP contribution in [0.4, 0.5) is 0 Å². The average Bonchev–Trinajstić information content (AvgIpc) is 2.66. The van der Waals surface area contributed by atoms with E-state index in [4.69, 9.17) is 9.47 Å². The highest BCUT2D eigenvalue weighted by molar-refractivity contribution is 5.98. The Morgan fingerprint density at radius 2 is 1.81 bits per heavy atom. The summed E-state index contributed by atoms with van der Waals surface area (Å²) in [6, 6.07) is 13.1. The number of benzene rings is 2. The molecule has 5 heteroatoms. The second-order valence-electron chi connectivity index (χ2n) is 6.52. The maximum atomic E-state index is 12.2. The Kier molecular flexibility index (Phi) is 5.56. The van der Waals surface area contributed by atoms with Gasteiger partial charge in [0.05, 0.1) is 6.54 Å². The van der Waals surface area contributed by atoms with Crippen molar-refractivity contribution in [3.05, 3.63) is 59.2 Å². The molecule has 0 bridgehead atoms. The van der Waals surface area contributed by atoms with E-state index in [0.717, 1.165) is 11.1 Å². The zero-order chi connectivity index (χ0) is 18.5. The normalized spacial score (nSPS) is 15.4. The number of fused-ring (bicyclic) bond motifs is 1. The van der Waals surface area contributed by atoms with Crippen LogP contribution in [0.3, 0.4) is 0 Å². The molecule has 0 saturated heterocycles. The van der Waals surface area contributed by atoms with Gasteiger partial charge in [-0.25, -0.2) is 0 Å². The molecule has 1 heterocycles. The van der Waals surface area contributed by atoms with Gasteiger partial charge >= 0.3 is 0 Å². The van der Waals surface area contributed by atoms with Crippen LogP contribution >= 0.6 is 0 Å². The van der Waals surface area contributed by atoms with Crippen LogP contribution in [0.15, 0.2) is 42.5 Å². The molecule has 0 saturated carbocycles. The third kappa shape index (κ3) is 4.42. The Bertz CT molecular complexity index is 815. The van der Waals surface area contributed by atoms with Gasteiger partial charge in [-0.1, -0.05) is 24.3 Å². The van der Waals surface area contributed by atoms with Crippen LogP contribution in [0.5, 0.6) is 11.5 Å². The van der Waals surface area contributed by atoms with Crippen LogP contribution in [-0.4, -0.2) is 30.9 Å². The lowest BCUT2D eigenvalue weighted by Crippen LogP contribution is -2.40. The fraction of sp³-hybridized carbons (Fsp3) is 0.333. The fourth-order valence-corrected chi connectivity index (χ4v) is 2.77. The molecule has 0 radical (unpaired) electrons. The fourth-order valence-electron chi connectivity index (χ4n) is 2.77. The molecule has 26 heavy (non-hydrogen) atoms. The first-order valence-corrected chi connectivity index (χ1v) is 8.78. The van der Waals surface area contributed by atoms with E-state index < -0.39 is 0 Å². The summed E-state index contributed by atoms with van der Waals surface area (Å²) in [5.74, 6) is 1.22. The van der Waals surface area contributed by atoms with Gasteiger partial charge in [0.1, 0.15) is 12.7 Å². The molecular weight excluding hydrogens is 330 g/mol. The van der Waals surface area contributed by atoms with Crippen molar-refractivity contribution in [1.29, 1.82) is 0 Å². The van der Waals surface area contributed by atoms with Gasteiger partial charge in [0.25, 0.3) is 0 Å². The molecule has 5 nitrogen and oxygen atoms in total. The summed E-state index contributed by atoms with van der Waals surface area (Å²) in [6.07, 6.45) is 0.124. The highest BCUT2D eigenvalue weighted by Gasteiger charge is 2.21. The number of hydrogen-bond donors (Lipinski definition) is 1. The smallest absolute Gasteiger partial charge is 0.220 e. The Labute approximate surface area is 153 Å². The number of ether oxygens (including phenoxy) is 2. The number of aryl methyl sites for hydroxylation is 2. The van der Waals surface area contributed by atoms with E-state index in [1.54, 1.807) is 0 Å². The number of hydrogen-bond acceptors (Lipinski definition) is 4. The predicted molar refractivity (Wildman–Crippen MR) is 98.8 cm³/mol. The third-order valence-electron chi connectivity index (χ3n) is 4.50. The number of nitrogens with one attached hydrogen (secondary N) is 1. The first-order chi connectivity index (χ1) is 12.5. The molecular formula is C21H23NO4. The predicted octanol–water partition coefficient (Wildman–Crippen LogP) is 3.22. The monoisotopic (exact) mass is 353 g/mol. The third-order valence-corrected chi connectivity index (χ3v) is 4.50. The van der Waals surface area contributed by atoms with Crippen molar-refractivity contribution in [3.8, 4) is 11.5 Å². The van der Waals surface area contributed by atoms with E-state index in [-0.39, 0.29) is 30.6 Å². The van der Waals surface area contributed by atoms with E-state index in [2.05, 4.69) is 5.32 Å². The zero-order valence-corrected chi connectivity index (χ0v) is 15.1. The summed E-state index contributed by atoms with van der Waals surface area (Å²) in [4.78, 5) is 24.3. The van der Waals surface area contributed by atoms with Gasteiger partial charge in [0.2, 0.25) is 5.91 Å². The lowest BCUT2D eigenvalue weighted by Gasteiger charge is -2.26. The molecule has 1 aliphatic heterocycles. The molecule has 1 atom stereocenters. The molecule has 3 rings (SSSR count). The molecule has 2 aromatic carbocycles. The van der Waals surface area contributed by atoms with Crippen LogP contribution in [0.1, 0.15) is 34.3 Å². The summed E-state index contributed by atoms with van der Waals surface area (Å²) in [7, 11) is 0. The van der Waals surface area contributed by atoms with Gasteiger partial charge in [-0.3, -0.25) is 9.59 Å². The summed E-state index contributed by atoms with van der Waals surface area (Å²) in [6.45, 7) is 4.72. The Morgan fingerprint density at radius 3 is 2.58 bits per heavy atom. The maximum absolute atomic E-state index is 12.2. The molecule has 1 aliphatic rings. The van der Waals surface area contributed by atoms with Gasteiger partial charge in [0, 0.05) is 18.4 Å². The molecule has 1 N–H and O–H groups in total. The minimum atomic E-state index is -0.232. The number of para-hydroxylation sites is 2. The van der Waals surface area contributed by atoms with E-state index in [0.29, 0.717) is 30.2 Å². The number of rotatable bonds is 6. The van der Waals surface area contributed by atoms with E-state index in [9.17, 15) is 9.59 Å². The Morgan fingerprint density at radius 1 is 1.04 bits per heavy atom. The van der Waals surface area contributed by atoms with Crippen LogP contribution in [0.2, 0.25) is 0 Å². The second-order valence-corrected chi connectivity index (χ2v) is 6.52. The first-order valence-electron chi connectivity index (χ1n) is 8.78. The van der Waals surface area contributed by atoms with Gasteiger partial charge in [-0.05, 0) is 43.2 Å². The molecule has 2 aromatic rings. The minimum Gasteiger partial charge on any atom is -0.486 e. The van der Waals surface area contributed by atoms with Crippen molar-refractivity contribution in [2.45, 2.75) is 32.8 Å². The first kappa shape index (κ1) is 18.0. The molecule has 0 spiro atoms. The molecule has 0 aromatic heterocycles. The van der Waals surface area contributed by atoms with Crippen LogP contribution < -0.4 is 14.8 Å². The summed E-state index contributed by atoms with van der Waals surface area (Å²) in [5, 5.41) is 2.81. The Hall–Kier alpha value is -2.82. The summed E-state index contributed by atoms with van der Waals surface area (Å²) >= 11 is 0. The van der Waals surface area contributed by atoms with Crippen molar-refractivity contribution in [2.24, 2.45) is 0 Å². The zero-order valence-electron chi connectivity index (χ0n) is 15.1. The van der Waals surface area contributed by atoms with Crippen molar-refractivity contribution >= 4 is 11.7 Å². The quantitative estimate of drug-likeness (QED) is 0.810. The molecule has 1 unspecified atom stereocenters. The lowest BCUT2D eigenvalue weighted by molar-refractivity contribution is -0.121. The van der Waals surface area contributed by atoms with Gasteiger partial charge in [-0.2, -0.15) is 0 Å². The highest BCUT2D eigenvalue weighted by atomic mass is 16.6. The van der Waals surface area contributed by atoms with Crippen molar-refractivity contribution in [3.63, 3.8) is 0 Å². The van der Waals surface area contributed by atoms with Gasteiger partial charge in [-0.15, -0.1) is 0 Å². The van der Waals surface area contributed by atoms with Crippen LogP contribution in [0, 0.1) is 13.8 Å². The number of carbonyl (C=O) groups is 2. The molecule has 136 valence electrons. The van der Waals surface area contributed by atoms with Gasteiger partial charge < -0.3 is 14.8 Å². The van der Waals surface area contributed by atoms with E-state index in [1.807, 2.05) is 56.3 Å².